The quantitative estimate of drug-likeness (QED) is 0.234. The largest absolute Gasteiger partial charge is 0.299 e. The van der Waals surface area contributed by atoms with E-state index < -0.39 is 0 Å². The van der Waals surface area contributed by atoms with Gasteiger partial charge in [0.05, 0.1) is 0 Å². The van der Waals surface area contributed by atoms with Crippen LogP contribution in [0.3, 0.4) is 0 Å². The summed E-state index contributed by atoms with van der Waals surface area (Å²) in [6.45, 7) is 6.41. The second kappa shape index (κ2) is 8.89. The zero-order chi connectivity index (χ0) is 4.83. The van der Waals surface area contributed by atoms with Gasteiger partial charge in [-0.3, -0.25) is 14.5 Å². The van der Waals surface area contributed by atoms with Crippen LogP contribution in [-0.4, -0.2) is 0 Å². The van der Waals surface area contributed by atoms with Crippen molar-refractivity contribution in [3.63, 3.8) is 0 Å². The first-order chi connectivity index (χ1) is 2.91. The Morgan fingerprint density at radius 1 is 1.00 bits per heavy atom. The molecule has 0 aromatic rings. The van der Waals surface area contributed by atoms with Crippen molar-refractivity contribution >= 4 is 0 Å². The Morgan fingerprint density at radius 3 is 1.43 bits per heavy atom. The SMILES string of the molecule is C=COOC=C.F. The molecule has 0 aliphatic heterocycles. The van der Waals surface area contributed by atoms with E-state index >= 15 is 0 Å². The maximum atomic E-state index is 4.13. The Hall–Kier alpha value is -0.990. The summed E-state index contributed by atoms with van der Waals surface area (Å²) in [5.41, 5.74) is 0. The van der Waals surface area contributed by atoms with Crippen molar-refractivity contribution in [3.05, 3.63) is 25.7 Å². The lowest BCUT2D eigenvalue weighted by Crippen LogP contribution is -1.70. The van der Waals surface area contributed by atoms with Crippen LogP contribution in [0.15, 0.2) is 25.7 Å². The van der Waals surface area contributed by atoms with Crippen molar-refractivity contribution in [3.8, 4) is 0 Å². The highest BCUT2D eigenvalue weighted by Gasteiger charge is 1.58. The normalized spacial score (nSPS) is 5.14. The lowest BCUT2D eigenvalue weighted by atomic mass is 11.2. The van der Waals surface area contributed by atoms with Crippen molar-refractivity contribution in [2.75, 3.05) is 0 Å². The standard InChI is InChI=1S/C4H6O2.FH/c1-3-5-6-4-2;/h3-4H,1-2H2;1H. The van der Waals surface area contributed by atoms with Crippen LogP contribution in [0, 0.1) is 0 Å². The van der Waals surface area contributed by atoms with Crippen LogP contribution in [0.25, 0.3) is 0 Å². The van der Waals surface area contributed by atoms with Crippen LogP contribution in [-0.2, 0) is 9.78 Å². The first kappa shape index (κ1) is 9.38. The summed E-state index contributed by atoms with van der Waals surface area (Å²) in [5.74, 6) is 0. The van der Waals surface area contributed by atoms with E-state index in [0.717, 1.165) is 0 Å². The number of halogens is 1. The predicted molar refractivity (Wildman–Crippen MR) is 25.1 cm³/mol. The molecule has 2 nitrogen and oxygen atoms in total. The highest BCUT2D eigenvalue weighted by molar-refractivity contribution is 4.46. The minimum atomic E-state index is 0. The zero-order valence-corrected chi connectivity index (χ0v) is 3.79. The first-order valence-electron chi connectivity index (χ1n) is 1.45. The second-order valence-electron chi connectivity index (χ2n) is 0.526. The van der Waals surface area contributed by atoms with Crippen LogP contribution < -0.4 is 0 Å². The Balaban J connectivity index is 0. The average molecular weight is 106 g/mol. The fourth-order valence-electron chi connectivity index (χ4n) is 0.0786. The van der Waals surface area contributed by atoms with Crippen molar-refractivity contribution < 1.29 is 14.5 Å². The molecule has 0 amide bonds. The molecule has 0 spiro atoms. The van der Waals surface area contributed by atoms with Gasteiger partial charge >= 0.3 is 0 Å². The molecule has 3 heteroatoms. The van der Waals surface area contributed by atoms with Crippen LogP contribution in [0.1, 0.15) is 0 Å². The third-order valence-electron chi connectivity index (χ3n) is 0.192. The Kier molecular flexibility index (Phi) is 11.9. The van der Waals surface area contributed by atoms with Crippen molar-refractivity contribution in [2.24, 2.45) is 0 Å². The smallest absolute Gasteiger partial charge is 0.135 e. The van der Waals surface area contributed by atoms with Crippen LogP contribution in [0.4, 0.5) is 4.70 Å². The lowest BCUT2D eigenvalue weighted by Gasteiger charge is -1.87. The zero-order valence-electron chi connectivity index (χ0n) is 3.79. The lowest BCUT2D eigenvalue weighted by molar-refractivity contribution is -0.194. The minimum Gasteiger partial charge on any atom is -0.299 e. The van der Waals surface area contributed by atoms with Gasteiger partial charge in [-0.25, -0.2) is 0 Å². The number of hydrogen-bond donors (Lipinski definition) is 0. The fourth-order valence-corrected chi connectivity index (χ4v) is 0.0786. The topological polar surface area (TPSA) is 18.5 Å². The van der Waals surface area contributed by atoms with E-state index in [4.69, 9.17) is 0 Å². The molecule has 0 saturated heterocycles. The predicted octanol–water partition coefficient (Wildman–Crippen LogP) is 1.37. The Morgan fingerprint density at radius 2 is 1.29 bits per heavy atom. The molecule has 0 bridgehead atoms. The molecule has 0 aromatic carbocycles. The van der Waals surface area contributed by atoms with Gasteiger partial charge < -0.3 is 0 Å². The Bertz CT molecular complexity index is 45.7. The van der Waals surface area contributed by atoms with Crippen LogP contribution >= 0.6 is 0 Å². The third kappa shape index (κ3) is 11.2. The van der Waals surface area contributed by atoms with Crippen molar-refractivity contribution in [1.82, 2.24) is 0 Å². The molecule has 0 aliphatic rings. The van der Waals surface area contributed by atoms with Crippen molar-refractivity contribution in [2.45, 2.75) is 0 Å². The van der Waals surface area contributed by atoms with E-state index in [9.17, 15) is 0 Å². The Labute approximate surface area is 41.3 Å². The van der Waals surface area contributed by atoms with Crippen LogP contribution in [0.5, 0.6) is 0 Å². The van der Waals surface area contributed by atoms with Gasteiger partial charge in [-0.2, -0.15) is 0 Å². The van der Waals surface area contributed by atoms with Crippen molar-refractivity contribution in [1.29, 1.82) is 0 Å². The van der Waals surface area contributed by atoms with Gasteiger partial charge in [0.15, 0.2) is 0 Å². The minimum absolute atomic E-state index is 0. The summed E-state index contributed by atoms with van der Waals surface area (Å²) in [7, 11) is 0. The number of hydrogen-bond acceptors (Lipinski definition) is 2. The van der Waals surface area contributed by atoms with Gasteiger partial charge in [0.1, 0.15) is 12.5 Å². The summed E-state index contributed by atoms with van der Waals surface area (Å²) >= 11 is 0. The molecule has 0 unspecified atom stereocenters. The van der Waals surface area contributed by atoms with E-state index in [2.05, 4.69) is 22.9 Å². The summed E-state index contributed by atoms with van der Waals surface area (Å²) in [4.78, 5) is 8.26. The first-order valence-corrected chi connectivity index (χ1v) is 1.45. The maximum absolute atomic E-state index is 4.13. The summed E-state index contributed by atoms with van der Waals surface area (Å²) in [5, 5.41) is 0. The van der Waals surface area contributed by atoms with Gasteiger partial charge in [0.25, 0.3) is 0 Å². The van der Waals surface area contributed by atoms with Gasteiger partial charge in [-0.1, -0.05) is 13.2 Å². The molecule has 0 aliphatic carbocycles. The molecule has 42 valence electrons. The maximum Gasteiger partial charge on any atom is 0.135 e. The highest BCUT2D eigenvalue weighted by atomic mass is 19.0. The van der Waals surface area contributed by atoms with E-state index in [1.807, 2.05) is 0 Å². The summed E-state index contributed by atoms with van der Waals surface area (Å²) in [6.07, 6.45) is 2.34. The monoisotopic (exact) mass is 106 g/mol. The molecular weight excluding hydrogens is 99.0 g/mol. The molecule has 0 N–H and O–H groups in total. The molecule has 0 fully saturated rings. The summed E-state index contributed by atoms with van der Waals surface area (Å²) < 4.78 is 0. The van der Waals surface area contributed by atoms with Gasteiger partial charge in [0, 0.05) is 0 Å². The van der Waals surface area contributed by atoms with Gasteiger partial charge in [0.2, 0.25) is 0 Å². The molecule has 0 aromatic heterocycles. The van der Waals surface area contributed by atoms with Gasteiger partial charge in [-0.15, -0.1) is 0 Å². The molecule has 0 radical (unpaired) electrons. The molecule has 0 atom stereocenters. The third-order valence-corrected chi connectivity index (χ3v) is 0.192. The molecule has 7 heavy (non-hydrogen) atoms. The molecule has 0 heterocycles. The number of rotatable bonds is 3. The van der Waals surface area contributed by atoms with E-state index in [-0.39, 0.29) is 4.70 Å². The van der Waals surface area contributed by atoms with E-state index in [1.54, 1.807) is 0 Å². The van der Waals surface area contributed by atoms with Gasteiger partial charge in [-0.05, 0) is 0 Å². The molecule has 0 saturated carbocycles. The highest BCUT2D eigenvalue weighted by Crippen LogP contribution is 1.73. The van der Waals surface area contributed by atoms with E-state index in [1.165, 1.54) is 12.5 Å². The fraction of sp³-hybridized carbons (Fsp3) is 0. The summed E-state index contributed by atoms with van der Waals surface area (Å²) in [6, 6.07) is 0. The molecule has 0 rings (SSSR count). The second-order valence-corrected chi connectivity index (χ2v) is 0.526. The molecular formula is C4H7FO2. The average Bonchev–Trinajstić information content (AvgIpc) is 1.61. The van der Waals surface area contributed by atoms with E-state index in [0.29, 0.717) is 0 Å². The van der Waals surface area contributed by atoms with Crippen LogP contribution in [0.2, 0.25) is 0 Å².